The minimum absolute atomic E-state index is 0.0534. The molecule has 1 fully saturated rings. The summed E-state index contributed by atoms with van der Waals surface area (Å²) in [4.78, 5) is 30.2. The van der Waals surface area contributed by atoms with Crippen molar-refractivity contribution in [1.29, 1.82) is 0 Å². The molecule has 2 amide bonds. The van der Waals surface area contributed by atoms with Gasteiger partial charge in [0.15, 0.2) is 0 Å². The summed E-state index contributed by atoms with van der Waals surface area (Å²) in [5.74, 6) is 0.515. The van der Waals surface area contributed by atoms with Crippen molar-refractivity contribution in [2.24, 2.45) is 5.92 Å². The van der Waals surface area contributed by atoms with Gasteiger partial charge in [0, 0.05) is 19.2 Å². The van der Waals surface area contributed by atoms with Gasteiger partial charge in [-0.1, -0.05) is 11.6 Å². The van der Waals surface area contributed by atoms with Crippen LogP contribution < -0.4 is 5.32 Å². The number of anilines is 1. The summed E-state index contributed by atoms with van der Waals surface area (Å²) in [5.41, 5.74) is 0.780. The van der Waals surface area contributed by atoms with E-state index in [2.05, 4.69) is 10.3 Å². The van der Waals surface area contributed by atoms with Gasteiger partial charge in [-0.2, -0.15) is 0 Å². The highest BCUT2D eigenvalue weighted by Crippen LogP contribution is 2.23. The number of hydrogen-bond donors (Lipinski definition) is 1. The van der Waals surface area contributed by atoms with Gasteiger partial charge in [0.1, 0.15) is 11.6 Å². The second-order valence-corrected chi connectivity index (χ2v) is 6.00. The third-order valence-electron chi connectivity index (χ3n) is 3.80. The topological polar surface area (TPSA) is 75.4 Å². The normalized spacial score (nSPS) is 17.6. The number of rotatable bonds is 4. The highest BCUT2D eigenvalue weighted by Gasteiger charge is 2.34. The van der Waals surface area contributed by atoms with Crippen molar-refractivity contribution in [1.82, 2.24) is 9.88 Å². The van der Waals surface area contributed by atoms with Gasteiger partial charge in [0.25, 0.3) is 0 Å². The number of pyridine rings is 1. The summed E-state index contributed by atoms with van der Waals surface area (Å²) in [6, 6.07) is 5.31. The van der Waals surface area contributed by atoms with E-state index in [0.717, 1.165) is 5.56 Å². The predicted octanol–water partition coefficient (Wildman–Crippen LogP) is 2.62. The van der Waals surface area contributed by atoms with Crippen LogP contribution in [0.15, 0.2) is 35.1 Å². The Bertz CT molecular complexity index is 730. The van der Waals surface area contributed by atoms with Crippen LogP contribution in [-0.2, 0) is 16.1 Å². The van der Waals surface area contributed by atoms with Crippen LogP contribution in [0.4, 0.5) is 5.82 Å². The minimum Gasteiger partial charge on any atom is -0.467 e. The van der Waals surface area contributed by atoms with Gasteiger partial charge in [-0.3, -0.25) is 9.59 Å². The minimum atomic E-state index is -0.394. The van der Waals surface area contributed by atoms with E-state index in [1.807, 2.05) is 13.0 Å². The molecular formula is C16H16ClN3O3. The van der Waals surface area contributed by atoms with E-state index >= 15 is 0 Å². The van der Waals surface area contributed by atoms with Crippen LogP contribution >= 0.6 is 11.6 Å². The Hall–Kier alpha value is -2.34. The fraction of sp³-hybridized carbons (Fsp3) is 0.312. The number of hydrogen-bond acceptors (Lipinski definition) is 4. The Morgan fingerprint density at radius 3 is 3.09 bits per heavy atom. The maximum Gasteiger partial charge on any atom is 0.230 e. The molecule has 0 radical (unpaired) electrons. The molecule has 2 aromatic rings. The third-order valence-corrected chi connectivity index (χ3v) is 4.01. The molecule has 1 aliphatic heterocycles. The van der Waals surface area contributed by atoms with E-state index in [1.165, 1.54) is 6.20 Å². The lowest BCUT2D eigenvalue weighted by Gasteiger charge is -2.15. The number of nitrogens with one attached hydrogen (secondary N) is 1. The second kappa shape index (κ2) is 6.42. The van der Waals surface area contributed by atoms with Gasteiger partial charge < -0.3 is 14.6 Å². The lowest BCUT2D eigenvalue weighted by Crippen LogP contribution is -2.28. The number of aryl methyl sites for hydroxylation is 1. The predicted molar refractivity (Wildman–Crippen MR) is 84.8 cm³/mol. The van der Waals surface area contributed by atoms with Crippen molar-refractivity contribution in [2.45, 2.75) is 19.9 Å². The number of furan rings is 1. The molecule has 0 saturated carbocycles. The van der Waals surface area contributed by atoms with Gasteiger partial charge in [-0.05, 0) is 30.7 Å². The Balaban J connectivity index is 1.63. The molecule has 2 aromatic heterocycles. The molecule has 0 aliphatic carbocycles. The highest BCUT2D eigenvalue weighted by atomic mass is 35.5. The summed E-state index contributed by atoms with van der Waals surface area (Å²) in [6.45, 7) is 2.57. The van der Waals surface area contributed by atoms with Crippen molar-refractivity contribution < 1.29 is 14.0 Å². The van der Waals surface area contributed by atoms with Crippen molar-refractivity contribution >= 4 is 29.2 Å². The standard InChI is InChI=1S/C16H16ClN3O3/c1-10-5-12(17)7-18-15(10)19-16(22)11-6-14(21)20(8-11)9-13-3-2-4-23-13/h2-5,7,11H,6,8-9H2,1H3,(H,18,19,22). The van der Waals surface area contributed by atoms with Crippen LogP contribution in [0, 0.1) is 12.8 Å². The van der Waals surface area contributed by atoms with Crippen LogP contribution in [-0.4, -0.2) is 28.2 Å². The number of carbonyl (C=O) groups excluding carboxylic acids is 2. The molecule has 6 nitrogen and oxygen atoms in total. The molecule has 3 rings (SSSR count). The number of halogens is 1. The quantitative estimate of drug-likeness (QED) is 0.933. The fourth-order valence-electron chi connectivity index (χ4n) is 2.58. The van der Waals surface area contributed by atoms with Gasteiger partial charge in [-0.25, -0.2) is 4.98 Å². The summed E-state index contributed by atoms with van der Waals surface area (Å²) < 4.78 is 5.25. The van der Waals surface area contributed by atoms with E-state index in [0.29, 0.717) is 29.7 Å². The monoisotopic (exact) mass is 333 g/mol. The average molecular weight is 334 g/mol. The summed E-state index contributed by atoms with van der Waals surface area (Å²) in [5, 5.41) is 3.28. The first-order valence-electron chi connectivity index (χ1n) is 7.26. The highest BCUT2D eigenvalue weighted by molar-refractivity contribution is 6.30. The number of aromatic nitrogens is 1. The maximum absolute atomic E-state index is 12.4. The smallest absolute Gasteiger partial charge is 0.230 e. The molecular weight excluding hydrogens is 318 g/mol. The first-order chi connectivity index (χ1) is 11.0. The Morgan fingerprint density at radius 2 is 2.39 bits per heavy atom. The van der Waals surface area contributed by atoms with E-state index in [-0.39, 0.29) is 18.2 Å². The number of amides is 2. The molecule has 23 heavy (non-hydrogen) atoms. The van der Waals surface area contributed by atoms with E-state index in [1.54, 1.807) is 23.3 Å². The first kappa shape index (κ1) is 15.6. The van der Waals surface area contributed by atoms with Gasteiger partial charge >= 0.3 is 0 Å². The zero-order valence-corrected chi connectivity index (χ0v) is 13.3. The molecule has 0 aromatic carbocycles. The van der Waals surface area contributed by atoms with E-state index in [9.17, 15) is 9.59 Å². The molecule has 7 heteroatoms. The Morgan fingerprint density at radius 1 is 1.57 bits per heavy atom. The van der Waals surface area contributed by atoms with Crippen LogP contribution in [0.3, 0.4) is 0 Å². The zero-order valence-electron chi connectivity index (χ0n) is 12.6. The lowest BCUT2D eigenvalue weighted by molar-refractivity contribution is -0.128. The molecule has 0 bridgehead atoms. The third kappa shape index (κ3) is 3.53. The molecule has 0 spiro atoms. The Labute approximate surface area is 138 Å². The fourth-order valence-corrected chi connectivity index (χ4v) is 2.79. The van der Waals surface area contributed by atoms with Crippen molar-refractivity contribution in [2.75, 3.05) is 11.9 Å². The maximum atomic E-state index is 12.4. The number of nitrogens with zero attached hydrogens (tertiary/aromatic N) is 2. The summed E-state index contributed by atoms with van der Waals surface area (Å²) in [6.07, 6.45) is 3.24. The van der Waals surface area contributed by atoms with Crippen molar-refractivity contribution in [3.05, 3.63) is 47.0 Å². The van der Waals surface area contributed by atoms with Gasteiger partial charge in [0.2, 0.25) is 11.8 Å². The van der Waals surface area contributed by atoms with E-state index < -0.39 is 5.92 Å². The molecule has 1 atom stereocenters. The average Bonchev–Trinajstić information content (AvgIpc) is 3.13. The SMILES string of the molecule is Cc1cc(Cl)cnc1NC(=O)C1CC(=O)N(Cc2ccco2)C1. The second-order valence-electron chi connectivity index (χ2n) is 5.56. The van der Waals surface area contributed by atoms with E-state index in [4.69, 9.17) is 16.0 Å². The van der Waals surface area contributed by atoms with Crippen LogP contribution in [0.1, 0.15) is 17.7 Å². The molecule has 120 valence electrons. The van der Waals surface area contributed by atoms with Crippen LogP contribution in [0.25, 0.3) is 0 Å². The summed E-state index contributed by atoms with van der Waals surface area (Å²) in [7, 11) is 0. The largest absolute Gasteiger partial charge is 0.467 e. The van der Waals surface area contributed by atoms with Crippen molar-refractivity contribution in [3.8, 4) is 0 Å². The van der Waals surface area contributed by atoms with Crippen LogP contribution in [0.5, 0.6) is 0 Å². The molecule has 1 aliphatic rings. The number of likely N-dealkylation sites (tertiary alicyclic amines) is 1. The molecule has 1 unspecified atom stereocenters. The molecule has 1 N–H and O–H groups in total. The van der Waals surface area contributed by atoms with Crippen LogP contribution in [0.2, 0.25) is 5.02 Å². The van der Waals surface area contributed by atoms with Gasteiger partial charge in [-0.15, -0.1) is 0 Å². The first-order valence-corrected chi connectivity index (χ1v) is 7.64. The van der Waals surface area contributed by atoms with Crippen molar-refractivity contribution in [3.63, 3.8) is 0 Å². The molecule has 1 saturated heterocycles. The summed E-state index contributed by atoms with van der Waals surface area (Å²) >= 11 is 5.85. The van der Waals surface area contributed by atoms with Gasteiger partial charge in [0.05, 0.1) is 23.7 Å². The lowest BCUT2D eigenvalue weighted by atomic mass is 10.1. The number of carbonyl (C=O) groups is 2. The zero-order chi connectivity index (χ0) is 16.4. The molecule has 3 heterocycles. The Kier molecular flexibility index (Phi) is 4.34.